The summed E-state index contributed by atoms with van der Waals surface area (Å²) in [7, 11) is -2.48. The van der Waals surface area contributed by atoms with E-state index >= 15 is 0 Å². The van der Waals surface area contributed by atoms with Crippen LogP contribution in [0.5, 0.6) is 0 Å². The molecule has 0 aliphatic carbocycles. The van der Waals surface area contributed by atoms with Crippen molar-refractivity contribution in [3.05, 3.63) is 65.2 Å². The summed E-state index contributed by atoms with van der Waals surface area (Å²) in [4.78, 5) is 11.9. The number of hydrogen-bond donors (Lipinski definition) is 1. The Morgan fingerprint density at radius 1 is 1.21 bits per heavy atom. The molecule has 0 bridgehead atoms. The number of methoxy groups -OCH3 is 1. The van der Waals surface area contributed by atoms with Crippen molar-refractivity contribution >= 4 is 28.4 Å². The molecule has 1 aliphatic rings. The smallest absolute Gasteiger partial charge is 0.337 e. The molecule has 3 rings (SSSR count). The van der Waals surface area contributed by atoms with E-state index in [1.54, 1.807) is 12.1 Å². The van der Waals surface area contributed by atoms with Crippen molar-refractivity contribution in [3.8, 4) is 0 Å². The fraction of sp³-hybridized carbons (Fsp3) is 0.350. The number of piperazine rings is 1. The number of carbonyl (C=O) groups is 1. The second-order valence-electron chi connectivity index (χ2n) is 6.45. The molecule has 0 aromatic heterocycles. The molecule has 1 saturated heterocycles. The normalized spacial score (nSPS) is 17.6. The number of ether oxygens (including phenoxy) is 1. The number of nitrogens with one attached hydrogen (secondary N) is 1. The summed E-state index contributed by atoms with van der Waals surface area (Å²) < 4.78 is 32.8. The highest BCUT2D eigenvalue weighted by atomic mass is 35.5. The lowest BCUT2D eigenvalue weighted by molar-refractivity contribution is 0.0600. The average molecular weight is 425 g/mol. The number of benzene rings is 2. The minimum atomic E-state index is -3.75. The molecule has 1 heterocycles. The first kappa shape index (κ1) is 22.4. The Bertz CT molecular complexity index is 916. The Labute approximate surface area is 172 Å². The number of carbonyl (C=O) groups excluding carboxylic acids is 1. The maximum Gasteiger partial charge on any atom is 0.337 e. The van der Waals surface area contributed by atoms with Crippen molar-refractivity contribution in [1.82, 2.24) is 9.62 Å². The van der Waals surface area contributed by atoms with Gasteiger partial charge < -0.3 is 10.1 Å². The molecule has 0 amide bonds. The quantitative estimate of drug-likeness (QED) is 0.747. The minimum absolute atomic E-state index is 0. The molecule has 0 radical (unpaired) electrons. The Hall–Kier alpha value is -1.93. The van der Waals surface area contributed by atoms with Gasteiger partial charge in [-0.1, -0.05) is 37.3 Å². The van der Waals surface area contributed by atoms with E-state index in [1.165, 1.54) is 29.1 Å². The van der Waals surface area contributed by atoms with Gasteiger partial charge in [-0.25, -0.2) is 13.2 Å². The lowest BCUT2D eigenvalue weighted by Gasteiger charge is -2.35. The third-order valence-electron chi connectivity index (χ3n) is 4.83. The van der Waals surface area contributed by atoms with Crippen LogP contribution in [-0.2, 0) is 21.2 Å². The fourth-order valence-electron chi connectivity index (χ4n) is 3.27. The number of esters is 1. The van der Waals surface area contributed by atoms with Crippen LogP contribution in [0.1, 0.15) is 34.5 Å². The summed E-state index contributed by atoms with van der Waals surface area (Å²) in [6.45, 7) is 3.58. The first-order chi connectivity index (χ1) is 13.0. The van der Waals surface area contributed by atoms with Gasteiger partial charge in [-0.3, -0.25) is 0 Å². The van der Waals surface area contributed by atoms with E-state index in [1.807, 2.05) is 24.3 Å². The van der Waals surface area contributed by atoms with Gasteiger partial charge in [0.05, 0.1) is 23.6 Å². The van der Waals surface area contributed by atoms with Gasteiger partial charge >= 0.3 is 5.97 Å². The predicted octanol–water partition coefficient (Wildman–Crippen LogP) is 2.79. The molecular weight excluding hydrogens is 400 g/mol. The van der Waals surface area contributed by atoms with E-state index in [2.05, 4.69) is 12.2 Å². The standard InChI is InChI=1S/C20H24N2O4S.ClH/c1-3-15-7-9-16(10-8-15)19-14-21-11-12-22(19)27(24,25)18-6-4-5-17(13-18)20(23)26-2;/h4-10,13,19,21H,3,11-12,14H2,1-2H3;1H. The third kappa shape index (κ3) is 4.55. The van der Waals surface area contributed by atoms with Crippen molar-refractivity contribution in [2.45, 2.75) is 24.3 Å². The molecule has 0 saturated carbocycles. The van der Waals surface area contributed by atoms with Gasteiger partial charge in [0.25, 0.3) is 0 Å². The molecule has 2 aromatic rings. The monoisotopic (exact) mass is 424 g/mol. The van der Waals surface area contributed by atoms with Crippen molar-refractivity contribution < 1.29 is 17.9 Å². The summed E-state index contributed by atoms with van der Waals surface area (Å²) in [5.74, 6) is -0.556. The van der Waals surface area contributed by atoms with Crippen LogP contribution in [0.3, 0.4) is 0 Å². The SMILES string of the molecule is CCc1ccc(C2CNCCN2S(=O)(=O)c2cccc(C(=O)OC)c2)cc1.Cl. The van der Waals surface area contributed by atoms with E-state index in [-0.39, 0.29) is 28.9 Å². The highest BCUT2D eigenvalue weighted by Crippen LogP contribution is 2.29. The fourth-order valence-corrected chi connectivity index (χ4v) is 4.93. The Morgan fingerprint density at radius 2 is 1.93 bits per heavy atom. The lowest BCUT2D eigenvalue weighted by atomic mass is 10.0. The summed E-state index contributed by atoms with van der Waals surface area (Å²) in [6, 6.07) is 13.8. The molecule has 0 spiro atoms. The maximum absolute atomic E-state index is 13.3. The van der Waals surface area contributed by atoms with Gasteiger partial charge in [0.15, 0.2) is 0 Å². The second-order valence-corrected chi connectivity index (χ2v) is 8.34. The predicted molar refractivity (Wildman–Crippen MR) is 110 cm³/mol. The Balaban J connectivity index is 0.00000280. The van der Waals surface area contributed by atoms with Crippen LogP contribution in [0, 0.1) is 0 Å². The first-order valence-corrected chi connectivity index (χ1v) is 10.4. The molecule has 152 valence electrons. The van der Waals surface area contributed by atoms with Crippen molar-refractivity contribution in [2.75, 3.05) is 26.7 Å². The number of rotatable bonds is 5. The van der Waals surface area contributed by atoms with Gasteiger partial charge in [0.1, 0.15) is 0 Å². The van der Waals surface area contributed by atoms with Crippen LogP contribution < -0.4 is 5.32 Å². The van der Waals surface area contributed by atoms with Crippen molar-refractivity contribution in [1.29, 1.82) is 0 Å². The van der Waals surface area contributed by atoms with Crippen LogP contribution >= 0.6 is 12.4 Å². The summed E-state index contributed by atoms with van der Waals surface area (Å²) in [6.07, 6.45) is 0.936. The van der Waals surface area contributed by atoms with Crippen LogP contribution in [0.2, 0.25) is 0 Å². The number of halogens is 1. The molecule has 1 unspecified atom stereocenters. The van der Waals surface area contributed by atoms with Crippen LogP contribution in [-0.4, -0.2) is 45.4 Å². The summed E-state index contributed by atoms with van der Waals surface area (Å²) in [5.41, 5.74) is 2.38. The molecule has 8 heteroatoms. The number of hydrogen-bond acceptors (Lipinski definition) is 5. The molecule has 6 nitrogen and oxygen atoms in total. The molecular formula is C20H25ClN2O4S. The Morgan fingerprint density at radius 3 is 2.57 bits per heavy atom. The number of sulfonamides is 1. The molecule has 1 aliphatic heterocycles. The van der Waals surface area contributed by atoms with E-state index in [0.717, 1.165) is 12.0 Å². The molecule has 1 fully saturated rings. The zero-order chi connectivity index (χ0) is 19.4. The van der Waals surface area contributed by atoms with Gasteiger partial charge in [-0.15, -0.1) is 12.4 Å². The van der Waals surface area contributed by atoms with Crippen LogP contribution in [0.25, 0.3) is 0 Å². The second kappa shape index (κ2) is 9.52. The minimum Gasteiger partial charge on any atom is -0.465 e. The molecule has 1 atom stereocenters. The highest BCUT2D eigenvalue weighted by Gasteiger charge is 2.34. The van der Waals surface area contributed by atoms with E-state index in [4.69, 9.17) is 4.74 Å². The first-order valence-electron chi connectivity index (χ1n) is 8.97. The average Bonchev–Trinajstić information content (AvgIpc) is 2.73. The van der Waals surface area contributed by atoms with Crippen LogP contribution in [0.4, 0.5) is 0 Å². The van der Waals surface area contributed by atoms with Gasteiger partial charge in [0.2, 0.25) is 10.0 Å². The summed E-state index contributed by atoms with van der Waals surface area (Å²) >= 11 is 0. The van der Waals surface area contributed by atoms with Gasteiger partial charge in [0, 0.05) is 19.6 Å². The maximum atomic E-state index is 13.3. The molecule has 2 aromatic carbocycles. The Kier molecular flexibility index (Phi) is 7.60. The zero-order valence-electron chi connectivity index (χ0n) is 15.9. The lowest BCUT2D eigenvalue weighted by Crippen LogP contribution is -2.48. The van der Waals surface area contributed by atoms with Crippen molar-refractivity contribution in [3.63, 3.8) is 0 Å². The number of aryl methyl sites for hydroxylation is 1. The molecule has 28 heavy (non-hydrogen) atoms. The van der Waals surface area contributed by atoms with Gasteiger partial charge in [-0.05, 0) is 35.7 Å². The number of nitrogens with zero attached hydrogens (tertiary/aromatic N) is 1. The van der Waals surface area contributed by atoms with Crippen LogP contribution in [0.15, 0.2) is 53.4 Å². The topological polar surface area (TPSA) is 75.7 Å². The zero-order valence-corrected chi connectivity index (χ0v) is 17.6. The van der Waals surface area contributed by atoms with Gasteiger partial charge in [-0.2, -0.15) is 4.31 Å². The third-order valence-corrected chi connectivity index (χ3v) is 6.73. The largest absolute Gasteiger partial charge is 0.465 e. The van der Waals surface area contributed by atoms with Crippen molar-refractivity contribution in [2.24, 2.45) is 0 Å². The van der Waals surface area contributed by atoms with E-state index in [9.17, 15) is 13.2 Å². The van der Waals surface area contributed by atoms with E-state index < -0.39 is 16.0 Å². The molecule has 1 N–H and O–H groups in total. The summed E-state index contributed by atoms with van der Waals surface area (Å²) in [5, 5.41) is 3.27. The van der Waals surface area contributed by atoms with E-state index in [0.29, 0.717) is 19.6 Å². The highest BCUT2D eigenvalue weighted by molar-refractivity contribution is 7.89.